The van der Waals surface area contributed by atoms with Crippen LogP contribution in [0.2, 0.25) is 0 Å². The summed E-state index contributed by atoms with van der Waals surface area (Å²) in [5.74, 6) is 4.10. The molecule has 0 N–H and O–H groups in total. The normalized spacial score (nSPS) is 43.7. The van der Waals surface area contributed by atoms with Crippen molar-refractivity contribution in [2.45, 2.75) is 84.5 Å². The summed E-state index contributed by atoms with van der Waals surface area (Å²) in [5, 5.41) is 0. The smallest absolute Gasteiger partial charge is 0.0133 e. The highest BCUT2D eigenvalue weighted by molar-refractivity contribution is 5.30. The zero-order chi connectivity index (χ0) is 15.2. The first-order chi connectivity index (χ1) is 10.7. The highest BCUT2D eigenvalue weighted by Gasteiger charge is 2.54. The second-order valence-corrected chi connectivity index (χ2v) is 8.88. The van der Waals surface area contributed by atoms with E-state index < -0.39 is 0 Å². The molecule has 0 unspecified atom stereocenters. The fourth-order valence-electron chi connectivity index (χ4n) is 6.88. The fourth-order valence-corrected chi connectivity index (χ4v) is 6.88. The Morgan fingerprint density at radius 3 is 2.82 bits per heavy atom. The zero-order valence-corrected chi connectivity index (χ0v) is 14.7. The Balaban J connectivity index is 1.55. The first-order valence-electron chi connectivity index (χ1n) is 10.1. The first kappa shape index (κ1) is 15.0. The van der Waals surface area contributed by atoms with Crippen molar-refractivity contribution in [3.8, 4) is 0 Å². The molecule has 0 aromatic heterocycles. The summed E-state index contributed by atoms with van der Waals surface area (Å²) >= 11 is 0. The lowest BCUT2D eigenvalue weighted by molar-refractivity contribution is 0.0117. The van der Waals surface area contributed by atoms with Crippen LogP contribution in [0.25, 0.3) is 0 Å². The topological polar surface area (TPSA) is 0 Å². The predicted molar refractivity (Wildman–Crippen MR) is 94.7 cm³/mol. The van der Waals surface area contributed by atoms with E-state index in [1.54, 1.807) is 6.42 Å². The molecule has 0 heteroatoms. The van der Waals surface area contributed by atoms with Crippen LogP contribution in [0.5, 0.6) is 0 Å². The van der Waals surface area contributed by atoms with E-state index in [1.807, 2.05) is 11.1 Å². The molecule has 4 aliphatic carbocycles. The van der Waals surface area contributed by atoms with Crippen LogP contribution in [0.1, 0.15) is 84.5 Å². The molecule has 0 bridgehead atoms. The molecule has 0 heterocycles. The molecule has 5 atom stereocenters. The van der Waals surface area contributed by atoms with Gasteiger partial charge in [-0.1, -0.05) is 50.0 Å². The van der Waals surface area contributed by atoms with Gasteiger partial charge in [-0.3, -0.25) is 0 Å². The Bertz CT molecular complexity index is 482. The van der Waals surface area contributed by atoms with Gasteiger partial charge in [0.15, 0.2) is 0 Å². The van der Waals surface area contributed by atoms with Crippen LogP contribution in [0.3, 0.4) is 0 Å². The molecule has 4 aliphatic rings. The molecule has 2 saturated carbocycles. The summed E-state index contributed by atoms with van der Waals surface area (Å²) in [6, 6.07) is 0. The van der Waals surface area contributed by atoms with Crippen LogP contribution in [-0.2, 0) is 0 Å². The summed E-state index contributed by atoms with van der Waals surface area (Å²) < 4.78 is 0. The van der Waals surface area contributed by atoms with Gasteiger partial charge in [-0.25, -0.2) is 0 Å². The maximum absolute atomic E-state index is 2.69. The van der Waals surface area contributed by atoms with E-state index in [4.69, 9.17) is 0 Å². The molecule has 0 amide bonds. The van der Waals surface area contributed by atoms with Gasteiger partial charge in [0.2, 0.25) is 0 Å². The van der Waals surface area contributed by atoms with Gasteiger partial charge in [0, 0.05) is 0 Å². The molecule has 122 valence electrons. The van der Waals surface area contributed by atoms with Crippen molar-refractivity contribution in [1.29, 1.82) is 0 Å². The third-order valence-electron chi connectivity index (χ3n) is 8.09. The minimum atomic E-state index is 0.693. The van der Waals surface area contributed by atoms with Gasteiger partial charge in [-0.05, 0) is 86.9 Å². The Morgan fingerprint density at radius 2 is 1.95 bits per heavy atom. The van der Waals surface area contributed by atoms with Crippen LogP contribution in [0.15, 0.2) is 23.3 Å². The Labute approximate surface area is 137 Å². The van der Waals surface area contributed by atoms with E-state index in [2.05, 4.69) is 26.0 Å². The van der Waals surface area contributed by atoms with Gasteiger partial charge < -0.3 is 0 Å². The maximum atomic E-state index is 2.69. The molecule has 0 nitrogen and oxygen atoms in total. The number of hydrogen-bond acceptors (Lipinski definition) is 0. The second-order valence-electron chi connectivity index (χ2n) is 8.88. The molecule has 2 fully saturated rings. The second kappa shape index (κ2) is 5.84. The molecule has 0 aliphatic heterocycles. The molecule has 4 rings (SSSR count). The Kier molecular flexibility index (Phi) is 3.99. The van der Waals surface area contributed by atoms with Crippen molar-refractivity contribution < 1.29 is 0 Å². The molecular formula is C22H34. The van der Waals surface area contributed by atoms with E-state index >= 15 is 0 Å². The van der Waals surface area contributed by atoms with E-state index in [0.717, 1.165) is 23.7 Å². The van der Waals surface area contributed by atoms with Gasteiger partial charge in [-0.2, -0.15) is 0 Å². The largest absolute Gasteiger partial charge is 0.0841 e. The quantitative estimate of drug-likeness (QED) is 0.510. The summed E-state index contributed by atoms with van der Waals surface area (Å²) in [6.07, 6.45) is 20.8. The molecule has 0 saturated heterocycles. The number of hydrogen-bond donors (Lipinski definition) is 0. The minimum Gasteiger partial charge on any atom is -0.0841 e. The average Bonchev–Trinajstić information content (AvgIpc) is 2.89. The Hall–Kier alpha value is -0.520. The monoisotopic (exact) mass is 298 g/mol. The van der Waals surface area contributed by atoms with Crippen molar-refractivity contribution in [3.05, 3.63) is 23.3 Å². The van der Waals surface area contributed by atoms with Crippen molar-refractivity contribution in [2.75, 3.05) is 0 Å². The molecule has 0 radical (unpaired) electrons. The third kappa shape index (κ3) is 2.24. The molecular weight excluding hydrogens is 264 g/mol. The standard InChI is InChI=1S/C22H34/c1-3-4-8-17-11-13-21-20-12-10-16-7-5-6-9-18(16)19(20)14-15-22(17,21)2/h5-6,17,19-21H,3-4,7-15H2,1-2H3/t17-,19+,20+,21-,22+/m0/s1. The van der Waals surface area contributed by atoms with Gasteiger partial charge in [0.25, 0.3) is 0 Å². The lowest BCUT2D eigenvalue weighted by Gasteiger charge is -2.52. The van der Waals surface area contributed by atoms with Crippen LogP contribution in [0.4, 0.5) is 0 Å². The number of unbranched alkanes of at least 4 members (excludes halogenated alkanes) is 1. The van der Waals surface area contributed by atoms with Crippen molar-refractivity contribution in [3.63, 3.8) is 0 Å². The summed E-state index contributed by atoms with van der Waals surface area (Å²) in [5.41, 5.74) is 4.43. The minimum absolute atomic E-state index is 0.693. The molecule has 0 spiro atoms. The van der Waals surface area contributed by atoms with Crippen molar-refractivity contribution in [2.24, 2.45) is 29.1 Å². The van der Waals surface area contributed by atoms with Gasteiger partial charge in [0.1, 0.15) is 0 Å². The Morgan fingerprint density at radius 1 is 1.09 bits per heavy atom. The van der Waals surface area contributed by atoms with E-state index in [1.165, 1.54) is 64.2 Å². The number of rotatable bonds is 3. The summed E-state index contributed by atoms with van der Waals surface area (Å²) in [7, 11) is 0. The predicted octanol–water partition coefficient (Wildman–Crippen LogP) is 6.68. The summed E-state index contributed by atoms with van der Waals surface area (Å²) in [6.45, 7) is 5.04. The van der Waals surface area contributed by atoms with Crippen LogP contribution >= 0.6 is 0 Å². The molecule has 0 aromatic carbocycles. The first-order valence-corrected chi connectivity index (χ1v) is 10.1. The van der Waals surface area contributed by atoms with Crippen LogP contribution < -0.4 is 0 Å². The lowest BCUT2D eigenvalue weighted by Crippen LogP contribution is -2.43. The van der Waals surface area contributed by atoms with E-state index in [0.29, 0.717) is 5.41 Å². The van der Waals surface area contributed by atoms with Gasteiger partial charge in [0.05, 0.1) is 0 Å². The average molecular weight is 299 g/mol. The van der Waals surface area contributed by atoms with E-state index in [9.17, 15) is 0 Å². The number of fused-ring (bicyclic) bond motifs is 4. The fraction of sp³-hybridized carbons (Fsp3) is 0.818. The molecule has 22 heavy (non-hydrogen) atoms. The molecule has 0 aromatic rings. The lowest BCUT2D eigenvalue weighted by atomic mass is 9.53. The summed E-state index contributed by atoms with van der Waals surface area (Å²) in [4.78, 5) is 0. The van der Waals surface area contributed by atoms with Crippen molar-refractivity contribution >= 4 is 0 Å². The third-order valence-corrected chi connectivity index (χ3v) is 8.09. The maximum Gasteiger partial charge on any atom is -0.0133 e. The van der Waals surface area contributed by atoms with Crippen LogP contribution in [0, 0.1) is 29.1 Å². The highest BCUT2D eigenvalue weighted by Crippen LogP contribution is 2.63. The van der Waals surface area contributed by atoms with Crippen LogP contribution in [-0.4, -0.2) is 0 Å². The SMILES string of the molecule is CCCC[C@H]1CC[C@H]2[C@@H]3CCC4=C(CC=CC4)[C@H]3CC[C@]12C. The van der Waals surface area contributed by atoms with Crippen molar-refractivity contribution in [1.82, 2.24) is 0 Å². The zero-order valence-electron chi connectivity index (χ0n) is 14.7. The van der Waals surface area contributed by atoms with Gasteiger partial charge in [-0.15, -0.1) is 0 Å². The highest BCUT2D eigenvalue weighted by atomic mass is 14.6. The van der Waals surface area contributed by atoms with Gasteiger partial charge >= 0.3 is 0 Å². The number of allylic oxidation sites excluding steroid dienone is 4. The van der Waals surface area contributed by atoms with E-state index in [-0.39, 0.29) is 0 Å².